The fraction of sp³-hybridized carbons (Fsp3) is 0.364. The van der Waals surface area contributed by atoms with Crippen molar-refractivity contribution in [2.75, 3.05) is 39.2 Å². The Labute approximate surface area is 199 Å². The molecular weight excluding hydrogens is 514 g/mol. The predicted molar refractivity (Wildman–Crippen MR) is 132 cm³/mol. The number of benzene rings is 2. The maximum absolute atomic E-state index is 12.9. The molecule has 3 N–H and O–H groups in total. The summed E-state index contributed by atoms with van der Waals surface area (Å²) in [5, 5.41) is 8.83. The lowest BCUT2D eigenvalue weighted by Gasteiger charge is -2.15. The zero-order valence-corrected chi connectivity index (χ0v) is 20.4. The number of ether oxygens (including phenoxy) is 2. The molecule has 0 aliphatic rings. The first kappa shape index (κ1) is 26.6. The molecule has 9 heteroatoms. The van der Waals surface area contributed by atoms with E-state index in [1.165, 1.54) is 24.3 Å². The number of hydrogen-bond acceptors (Lipinski definition) is 4. The number of anilines is 1. The molecule has 0 bridgehead atoms. The molecule has 1 amide bonds. The molecule has 0 fully saturated rings. The van der Waals surface area contributed by atoms with Crippen LogP contribution in [0.5, 0.6) is 5.75 Å². The molecule has 0 spiro atoms. The third-order valence-electron chi connectivity index (χ3n) is 4.19. The van der Waals surface area contributed by atoms with E-state index in [4.69, 9.17) is 9.47 Å². The largest absolute Gasteiger partial charge is 0.493 e. The van der Waals surface area contributed by atoms with Crippen molar-refractivity contribution in [3.63, 3.8) is 0 Å². The SMILES string of the molecule is CN=C(NCC(=O)Nc1ccc(F)cc1)NCc1ccc(C)cc1OCCCOC.I. The van der Waals surface area contributed by atoms with Crippen LogP contribution in [-0.2, 0) is 16.1 Å². The Hall–Kier alpha value is -2.40. The van der Waals surface area contributed by atoms with E-state index in [-0.39, 0.29) is 42.2 Å². The number of rotatable bonds is 10. The van der Waals surface area contributed by atoms with Gasteiger partial charge in [-0.1, -0.05) is 12.1 Å². The highest BCUT2D eigenvalue weighted by Gasteiger charge is 2.08. The number of guanidine groups is 1. The molecule has 0 unspecified atom stereocenters. The number of halogens is 2. The van der Waals surface area contributed by atoms with Crippen molar-refractivity contribution in [1.82, 2.24) is 10.6 Å². The van der Waals surface area contributed by atoms with E-state index in [1.807, 2.05) is 25.1 Å². The molecule has 0 aromatic heterocycles. The summed E-state index contributed by atoms with van der Waals surface area (Å²) in [6, 6.07) is 11.6. The van der Waals surface area contributed by atoms with Gasteiger partial charge in [-0.15, -0.1) is 24.0 Å². The van der Waals surface area contributed by atoms with Gasteiger partial charge < -0.3 is 25.4 Å². The second-order valence-electron chi connectivity index (χ2n) is 6.64. The van der Waals surface area contributed by atoms with Crippen LogP contribution in [0.4, 0.5) is 10.1 Å². The van der Waals surface area contributed by atoms with E-state index in [9.17, 15) is 9.18 Å². The van der Waals surface area contributed by atoms with Gasteiger partial charge in [-0.25, -0.2) is 4.39 Å². The number of aryl methyl sites for hydroxylation is 1. The summed E-state index contributed by atoms with van der Waals surface area (Å²) in [6.45, 7) is 3.74. The highest BCUT2D eigenvalue weighted by Crippen LogP contribution is 2.20. The first-order chi connectivity index (χ1) is 14.5. The number of methoxy groups -OCH3 is 1. The summed E-state index contributed by atoms with van der Waals surface area (Å²) in [5.41, 5.74) is 2.62. The van der Waals surface area contributed by atoms with Crippen LogP contribution in [0.25, 0.3) is 0 Å². The molecule has 0 saturated carbocycles. The summed E-state index contributed by atoms with van der Waals surface area (Å²) in [6.07, 6.45) is 0.809. The number of carbonyl (C=O) groups excluding carboxylic acids is 1. The molecule has 31 heavy (non-hydrogen) atoms. The molecule has 0 heterocycles. The molecule has 2 aromatic rings. The summed E-state index contributed by atoms with van der Waals surface area (Å²) >= 11 is 0. The van der Waals surface area contributed by atoms with Gasteiger partial charge >= 0.3 is 0 Å². The summed E-state index contributed by atoms with van der Waals surface area (Å²) in [7, 11) is 3.30. The van der Waals surface area contributed by atoms with Crippen LogP contribution in [0, 0.1) is 12.7 Å². The normalized spacial score (nSPS) is 10.8. The number of amides is 1. The van der Waals surface area contributed by atoms with Crippen molar-refractivity contribution in [3.05, 3.63) is 59.4 Å². The van der Waals surface area contributed by atoms with Crippen LogP contribution in [0.15, 0.2) is 47.5 Å². The first-order valence-electron chi connectivity index (χ1n) is 9.73. The third-order valence-corrected chi connectivity index (χ3v) is 4.19. The zero-order chi connectivity index (χ0) is 21.8. The Morgan fingerprint density at radius 3 is 2.52 bits per heavy atom. The number of nitrogens with zero attached hydrogens (tertiary/aromatic N) is 1. The minimum Gasteiger partial charge on any atom is -0.493 e. The number of hydrogen-bond donors (Lipinski definition) is 3. The topological polar surface area (TPSA) is 84.0 Å². The first-order valence-corrected chi connectivity index (χ1v) is 9.73. The monoisotopic (exact) mass is 544 g/mol. The lowest BCUT2D eigenvalue weighted by Crippen LogP contribution is -2.41. The second kappa shape index (κ2) is 14.6. The van der Waals surface area contributed by atoms with Crippen LogP contribution in [0.2, 0.25) is 0 Å². The quantitative estimate of drug-likeness (QED) is 0.185. The molecule has 2 aromatic carbocycles. The third kappa shape index (κ3) is 9.97. The smallest absolute Gasteiger partial charge is 0.243 e. The number of carbonyl (C=O) groups is 1. The lowest BCUT2D eigenvalue weighted by molar-refractivity contribution is -0.115. The van der Waals surface area contributed by atoms with Gasteiger partial charge in [0.15, 0.2) is 5.96 Å². The van der Waals surface area contributed by atoms with Crippen LogP contribution in [-0.4, -0.2) is 45.8 Å². The van der Waals surface area contributed by atoms with E-state index in [1.54, 1.807) is 14.2 Å². The molecule has 7 nitrogen and oxygen atoms in total. The second-order valence-corrected chi connectivity index (χ2v) is 6.64. The summed E-state index contributed by atoms with van der Waals surface area (Å²) < 4.78 is 23.9. The maximum Gasteiger partial charge on any atom is 0.243 e. The van der Waals surface area contributed by atoms with Crippen molar-refractivity contribution in [3.8, 4) is 5.75 Å². The lowest BCUT2D eigenvalue weighted by atomic mass is 10.1. The predicted octanol–water partition coefficient (Wildman–Crippen LogP) is 3.47. The zero-order valence-electron chi connectivity index (χ0n) is 18.0. The van der Waals surface area contributed by atoms with E-state index < -0.39 is 0 Å². The highest BCUT2D eigenvalue weighted by molar-refractivity contribution is 14.0. The molecule has 0 aliphatic heterocycles. The van der Waals surface area contributed by atoms with Gasteiger partial charge in [0.2, 0.25) is 5.91 Å². The molecule has 0 saturated heterocycles. The van der Waals surface area contributed by atoms with Crippen LogP contribution >= 0.6 is 24.0 Å². The fourth-order valence-corrected chi connectivity index (χ4v) is 2.63. The van der Waals surface area contributed by atoms with Gasteiger partial charge in [0, 0.05) is 45.0 Å². The highest BCUT2D eigenvalue weighted by atomic mass is 127. The Morgan fingerprint density at radius 1 is 1.10 bits per heavy atom. The van der Waals surface area contributed by atoms with Crippen molar-refractivity contribution >= 4 is 41.5 Å². The van der Waals surface area contributed by atoms with E-state index in [0.717, 1.165) is 23.3 Å². The average Bonchev–Trinajstić information content (AvgIpc) is 2.74. The fourth-order valence-electron chi connectivity index (χ4n) is 2.63. The molecule has 2 rings (SSSR count). The van der Waals surface area contributed by atoms with Crippen LogP contribution in [0.3, 0.4) is 0 Å². The van der Waals surface area contributed by atoms with Crippen LogP contribution in [0.1, 0.15) is 17.5 Å². The van der Waals surface area contributed by atoms with Crippen molar-refractivity contribution in [1.29, 1.82) is 0 Å². The number of aliphatic imine (C=N–C) groups is 1. The Balaban J connectivity index is 0.00000480. The standard InChI is InChI=1S/C22H29FN4O3.HI/c1-16-5-6-17(20(13-16)30-12-4-11-29-3)14-25-22(24-2)26-15-21(28)27-19-9-7-18(23)8-10-19;/h5-10,13H,4,11-12,14-15H2,1-3H3,(H,27,28)(H2,24,25,26);1H. The molecule has 0 atom stereocenters. The van der Waals surface area contributed by atoms with Gasteiger partial charge in [0.05, 0.1) is 13.2 Å². The van der Waals surface area contributed by atoms with Gasteiger partial charge in [-0.2, -0.15) is 0 Å². The van der Waals surface area contributed by atoms with E-state index in [0.29, 0.717) is 31.4 Å². The van der Waals surface area contributed by atoms with Gasteiger partial charge in [0.1, 0.15) is 11.6 Å². The van der Waals surface area contributed by atoms with Crippen LogP contribution < -0.4 is 20.7 Å². The van der Waals surface area contributed by atoms with E-state index >= 15 is 0 Å². The average molecular weight is 544 g/mol. The Bertz CT molecular complexity index is 847. The Morgan fingerprint density at radius 2 is 1.84 bits per heavy atom. The van der Waals surface area contributed by atoms with Crippen molar-refractivity contribution in [2.45, 2.75) is 19.9 Å². The van der Waals surface area contributed by atoms with Gasteiger partial charge in [-0.05, 0) is 42.8 Å². The van der Waals surface area contributed by atoms with Crippen molar-refractivity contribution < 1.29 is 18.7 Å². The van der Waals surface area contributed by atoms with Crippen molar-refractivity contribution in [2.24, 2.45) is 4.99 Å². The summed E-state index contributed by atoms with van der Waals surface area (Å²) in [4.78, 5) is 16.2. The molecule has 170 valence electrons. The maximum atomic E-state index is 12.9. The van der Waals surface area contributed by atoms with Gasteiger partial charge in [0.25, 0.3) is 0 Å². The minimum absolute atomic E-state index is 0. The Kier molecular flexibility index (Phi) is 12.5. The molecule has 0 radical (unpaired) electrons. The number of nitrogens with one attached hydrogen (secondary N) is 3. The summed E-state index contributed by atoms with van der Waals surface area (Å²) in [5.74, 6) is 0.675. The molecule has 0 aliphatic carbocycles. The molecular formula is C22H30FIN4O3. The minimum atomic E-state index is -0.353. The van der Waals surface area contributed by atoms with Gasteiger partial charge in [-0.3, -0.25) is 9.79 Å². The van der Waals surface area contributed by atoms with E-state index in [2.05, 4.69) is 20.9 Å².